The van der Waals surface area contributed by atoms with Crippen LogP contribution in [0.2, 0.25) is 0 Å². The fourth-order valence-electron chi connectivity index (χ4n) is 3.53. The van der Waals surface area contributed by atoms with Crippen molar-refractivity contribution in [3.05, 3.63) is 59.7 Å². The molecule has 0 amide bonds. The van der Waals surface area contributed by atoms with E-state index in [4.69, 9.17) is 0 Å². The highest BCUT2D eigenvalue weighted by Gasteiger charge is 2.28. The molecule has 1 aliphatic rings. The van der Waals surface area contributed by atoms with Crippen molar-refractivity contribution in [2.75, 3.05) is 19.6 Å². The maximum Gasteiger partial charge on any atom is 0.137 e. The van der Waals surface area contributed by atoms with Gasteiger partial charge < -0.3 is 9.67 Å². The van der Waals surface area contributed by atoms with Crippen molar-refractivity contribution < 1.29 is 5.11 Å². The largest absolute Gasteiger partial charge is 0.385 e. The maximum atomic E-state index is 10.6. The van der Waals surface area contributed by atoms with Crippen molar-refractivity contribution in [1.29, 1.82) is 0 Å². The number of hydrogen-bond donors (Lipinski definition) is 1. The van der Waals surface area contributed by atoms with E-state index in [2.05, 4.69) is 47.1 Å². The Bertz CT molecular complexity index is 669. The van der Waals surface area contributed by atoms with Gasteiger partial charge in [0.05, 0.1) is 0 Å². The van der Waals surface area contributed by atoms with E-state index in [0.29, 0.717) is 5.92 Å². The number of rotatable bonds is 5. The predicted molar refractivity (Wildman–Crippen MR) is 97.4 cm³/mol. The summed E-state index contributed by atoms with van der Waals surface area (Å²) in [5.41, 5.74) is 2.64. The fraction of sp³-hybridized carbons (Fsp3) is 0.450. The van der Waals surface area contributed by atoms with Crippen LogP contribution in [0.3, 0.4) is 0 Å². The summed E-state index contributed by atoms with van der Waals surface area (Å²) in [7, 11) is 1.94. The molecule has 1 aromatic carbocycles. The summed E-state index contributed by atoms with van der Waals surface area (Å²) in [5.74, 6) is 1.09. The van der Waals surface area contributed by atoms with E-state index < -0.39 is 6.10 Å². The molecule has 1 aromatic heterocycles. The molecule has 1 unspecified atom stereocenters. The van der Waals surface area contributed by atoms with Gasteiger partial charge in [0, 0.05) is 26.0 Å². The minimum absolute atomic E-state index is 0.306. The van der Waals surface area contributed by atoms with E-state index in [9.17, 15) is 5.11 Å². The van der Waals surface area contributed by atoms with Crippen molar-refractivity contribution in [3.8, 4) is 0 Å². The number of piperidine rings is 1. The molecule has 0 radical (unpaired) electrons. The second-order valence-electron chi connectivity index (χ2n) is 6.86. The summed E-state index contributed by atoms with van der Waals surface area (Å²) in [6, 6.07) is 10.5. The van der Waals surface area contributed by atoms with E-state index in [1.165, 1.54) is 11.1 Å². The molecule has 0 aliphatic carbocycles. The quantitative estimate of drug-likeness (QED) is 0.917. The zero-order valence-corrected chi connectivity index (χ0v) is 14.6. The number of aliphatic hydroxyl groups is 1. The zero-order valence-electron chi connectivity index (χ0n) is 14.6. The lowest BCUT2D eigenvalue weighted by atomic mass is 9.90. The molecule has 1 N–H and O–H groups in total. The highest BCUT2D eigenvalue weighted by atomic mass is 16.3. The molecule has 2 aromatic rings. The second-order valence-corrected chi connectivity index (χ2v) is 6.86. The lowest BCUT2D eigenvalue weighted by Gasteiger charge is -2.34. The third-order valence-corrected chi connectivity index (χ3v) is 4.89. The molecule has 2 heterocycles. The van der Waals surface area contributed by atoms with E-state index >= 15 is 0 Å². The van der Waals surface area contributed by atoms with Crippen LogP contribution in [-0.4, -0.2) is 39.2 Å². The number of aliphatic hydroxyl groups excluding tert-OH is 1. The number of imidazole rings is 1. The SMILES string of the molecule is CC(=Cc1ccccc1)CN1CCC(C(O)c2nccn2C)CC1. The van der Waals surface area contributed by atoms with Crippen LogP contribution in [0, 0.1) is 5.92 Å². The highest BCUT2D eigenvalue weighted by Crippen LogP contribution is 2.29. The summed E-state index contributed by atoms with van der Waals surface area (Å²) < 4.78 is 1.92. The van der Waals surface area contributed by atoms with Crippen LogP contribution in [0.5, 0.6) is 0 Å². The Labute approximate surface area is 144 Å². The molecule has 128 valence electrons. The topological polar surface area (TPSA) is 41.3 Å². The molecule has 4 nitrogen and oxygen atoms in total. The number of likely N-dealkylation sites (tertiary alicyclic amines) is 1. The molecule has 0 spiro atoms. The highest BCUT2D eigenvalue weighted by molar-refractivity contribution is 5.52. The molecule has 0 saturated carbocycles. The molecule has 24 heavy (non-hydrogen) atoms. The molecule has 1 fully saturated rings. The average molecular weight is 325 g/mol. The smallest absolute Gasteiger partial charge is 0.137 e. The van der Waals surface area contributed by atoms with E-state index in [0.717, 1.165) is 38.3 Å². The van der Waals surface area contributed by atoms with E-state index in [1.54, 1.807) is 6.20 Å². The van der Waals surface area contributed by atoms with Crippen LogP contribution in [0.25, 0.3) is 6.08 Å². The summed E-state index contributed by atoms with van der Waals surface area (Å²) in [5, 5.41) is 10.6. The van der Waals surface area contributed by atoms with Gasteiger partial charge in [-0.2, -0.15) is 0 Å². The van der Waals surface area contributed by atoms with Crippen LogP contribution in [0.1, 0.15) is 37.3 Å². The van der Waals surface area contributed by atoms with Crippen LogP contribution >= 0.6 is 0 Å². The van der Waals surface area contributed by atoms with Gasteiger partial charge in [0.15, 0.2) is 0 Å². The standard InChI is InChI=1S/C20H27N3O/c1-16(14-17-6-4-3-5-7-17)15-23-11-8-18(9-12-23)19(24)20-21-10-13-22(20)2/h3-7,10,13-14,18-19,24H,8-9,11-12,15H2,1-2H3. The van der Waals surface area contributed by atoms with Gasteiger partial charge in [-0.1, -0.05) is 42.0 Å². The molecule has 3 rings (SSSR count). The Morgan fingerprint density at radius 2 is 2.00 bits per heavy atom. The third kappa shape index (κ3) is 4.13. The molecule has 4 heteroatoms. The first-order valence-electron chi connectivity index (χ1n) is 8.73. The number of hydrogen-bond acceptors (Lipinski definition) is 3. The molecular formula is C20H27N3O. The van der Waals surface area contributed by atoms with Gasteiger partial charge in [-0.25, -0.2) is 4.98 Å². The Balaban J connectivity index is 1.52. The van der Waals surface area contributed by atoms with Gasteiger partial charge in [0.2, 0.25) is 0 Å². The number of aryl methyl sites for hydroxylation is 1. The minimum atomic E-state index is -0.451. The van der Waals surface area contributed by atoms with Crippen molar-refractivity contribution in [1.82, 2.24) is 14.5 Å². The third-order valence-electron chi connectivity index (χ3n) is 4.89. The van der Waals surface area contributed by atoms with Gasteiger partial charge in [-0.05, 0) is 44.3 Å². The lowest BCUT2D eigenvalue weighted by molar-refractivity contribution is 0.0535. The number of nitrogens with zero attached hydrogens (tertiary/aromatic N) is 3. The monoisotopic (exact) mass is 325 g/mol. The van der Waals surface area contributed by atoms with Crippen molar-refractivity contribution >= 4 is 6.08 Å². The number of benzene rings is 1. The van der Waals surface area contributed by atoms with Crippen molar-refractivity contribution in [2.45, 2.75) is 25.9 Å². The summed E-state index contributed by atoms with van der Waals surface area (Å²) in [6.45, 7) is 5.26. The molecule has 1 atom stereocenters. The molecular weight excluding hydrogens is 298 g/mol. The second kappa shape index (κ2) is 7.77. The Kier molecular flexibility index (Phi) is 5.48. The molecule has 1 aliphatic heterocycles. The fourth-order valence-corrected chi connectivity index (χ4v) is 3.53. The average Bonchev–Trinajstić information content (AvgIpc) is 3.02. The Morgan fingerprint density at radius 3 is 2.62 bits per heavy atom. The Morgan fingerprint density at radius 1 is 1.29 bits per heavy atom. The summed E-state index contributed by atoms with van der Waals surface area (Å²) in [6.07, 6.45) is 7.50. The van der Waals surface area contributed by atoms with Gasteiger partial charge in [0.1, 0.15) is 11.9 Å². The van der Waals surface area contributed by atoms with E-state index in [1.807, 2.05) is 23.9 Å². The van der Waals surface area contributed by atoms with Crippen LogP contribution in [-0.2, 0) is 7.05 Å². The van der Waals surface area contributed by atoms with Crippen molar-refractivity contribution in [3.63, 3.8) is 0 Å². The minimum Gasteiger partial charge on any atom is -0.385 e. The van der Waals surface area contributed by atoms with Crippen molar-refractivity contribution in [2.24, 2.45) is 13.0 Å². The normalized spacial score (nSPS) is 18.7. The van der Waals surface area contributed by atoms with Gasteiger partial charge >= 0.3 is 0 Å². The van der Waals surface area contributed by atoms with Crippen LogP contribution < -0.4 is 0 Å². The van der Waals surface area contributed by atoms with Crippen LogP contribution in [0.4, 0.5) is 0 Å². The predicted octanol–water partition coefficient (Wildman–Crippen LogP) is 3.27. The Hall–Kier alpha value is -1.91. The van der Waals surface area contributed by atoms with Crippen LogP contribution in [0.15, 0.2) is 48.3 Å². The van der Waals surface area contributed by atoms with Gasteiger partial charge in [0.25, 0.3) is 0 Å². The summed E-state index contributed by atoms with van der Waals surface area (Å²) in [4.78, 5) is 6.78. The first-order chi connectivity index (χ1) is 11.6. The first kappa shape index (κ1) is 16.9. The number of aromatic nitrogens is 2. The van der Waals surface area contributed by atoms with E-state index in [-0.39, 0.29) is 0 Å². The van der Waals surface area contributed by atoms with Gasteiger partial charge in [-0.15, -0.1) is 0 Å². The first-order valence-corrected chi connectivity index (χ1v) is 8.73. The molecule has 0 bridgehead atoms. The van der Waals surface area contributed by atoms with Gasteiger partial charge in [-0.3, -0.25) is 4.90 Å². The zero-order chi connectivity index (χ0) is 16.9. The molecule has 1 saturated heterocycles. The summed E-state index contributed by atoms with van der Waals surface area (Å²) >= 11 is 0. The lowest BCUT2D eigenvalue weighted by Crippen LogP contribution is -2.36. The maximum absolute atomic E-state index is 10.6.